The Morgan fingerprint density at radius 1 is 1.43 bits per heavy atom. The van der Waals surface area contributed by atoms with E-state index in [-0.39, 0.29) is 17.9 Å². The number of hydrogen-bond acceptors (Lipinski definition) is 4. The minimum absolute atomic E-state index is 0.0131. The summed E-state index contributed by atoms with van der Waals surface area (Å²) in [5, 5.41) is 6.17. The van der Waals surface area contributed by atoms with E-state index in [2.05, 4.69) is 10.6 Å². The highest BCUT2D eigenvalue weighted by atomic mass is 16.6. The maximum atomic E-state index is 12.2. The molecule has 1 atom stereocenters. The lowest BCUT2D eigenvalue weighted by Gasteiger charge is -2.22. The summed E-state index contributed by atoms with van der Waals surface area (Å²) in [6.45, 7) is 2.66. The van der Waals surface area contributed by atoms with Crippen molar-refractivity contribution in [2.24, 2.45) is 5.92 Å². The van der Waals surface area contributed by atoms with Crippen molar-refractivity contribution in [1.82, 2.24) is 5.32 Å². The van der Waals surface area contributed by atoms with Crippen LogP contribution in [0.25, 0.3) is 0 Å². The molecule has 2 heterocycles. The van der Waals surface area contributed by atoms with Gasteiger partial charge in [0.25, 0.3) is 0 Å². The zero-order valence-electron chi connectivity index (χ0n) is 11.8. The van der Waals surface area contributed by atoms with Crippen LogP contribution < -0.4 is 15.5 Å². The monoisotopic (exact) mass is 289 g/mol. The summed E-state index contributed by atoms with van der Waals surface area (Å²) in [7, 11) is 0. The SMILES string of the molecule is O=C(Nc1cccc(N2CCOC2=O)c1)[C@@H]1CCCNC1. The van der Waals surface area contributed by atoms with Crippen LogP contribution in [-0.4, -0.2) is 38.2 Å². The molecule has 2 saturated heterocycles. The molecule has 0 unspecified atom stereocenters. The fourth-order valence-corrected chi connectivity index (χ4v) is 2.70. The Bertz CT molecular complexity index is 541. The second-order valence-electron chi connectivity index (χ2n) is 5.35. The quantitative estimate of drug-likeness (QED) is 0.886. The van der Waals surface area contributed by atoms with Crippen LogP contribution in [0.3, 0.4) is 0 Å². The van der Waals surface area contributed by atoms with Crippen LogP contribution in [0.1, 0.15) is 12.8 Å². The van der Waals surface area contributed by atoms with E-state index >= 15 is 0 Å². The molecule has 0 radical (unpaired) electrons. The van der Waals surface area contributed by atoms with E-state index in [9.17, 15) is 9.59 Å². The van der Waals surface area contributed by atoms with Crippen molar-refractivity contribution in [3.05, 3.63) is 24.3 Å². The third-order valence-corrected chi connectivity index (χ3v) is 3.85. The molecule has 3 rings (SSSR count). The van der Waals surface area contributed by atoms with Gasteiger partial charge in [0.05, 0.1) is 12.5 Å². The first-order chi connectivity index (χ1) is 10.2. The van der Waals surface area contributed by atoms with Crippen LogP contribution in [0, 0.1) is 5.92 Å². The smallest absolute Gasteiger partial charge is 0.414 e. The van der Waals surface area contributed by atoms with E-state index in [4.69, 9.17) is 4.74 Å². The lowest BCUT2D eigenvalue weighted by Crippen LogP contribution is -2.37. The molecule has 2 N–H and O–H groups in total. The fourth-order valence-electron chi connectivity index (χ4n) is 2.70. The average Bonchev–Trinajstić information content (AvgIpc) is 2.94. The standard InChI is InChI=1S/C15H19N3O3/c19-14(11-3-2-6-16-10-11)17-12-4-1-5-13(9-12)18-7-8-21-15(18)20/h1,4-5,9,11,16H,2-3,6-8,10H2,(H,17,19)/t11-/m1/s1. The highest BCUT2D eigenvalue weighted by Crippen LogP contribution is 2.23. The van der Waals surface area contributed by atoms with Gasteiger partial charge in [-0.15, -0.1) is 0 Å². The number of ether oxygens (including phenoxy) is 1. The molecule has 0 aliphatic carbocycles. The normalized spacial score (nSPS) is 22.0. The Labute approximate surface area is 123 Å². The van der Waals surface area contributed by atoms with Crippen LogP contribution in [0.15, 0.2) is 24.3 Å². The highest BCUT2D eigenvalue weighted by molar-refractivity contribution is 5.95. The average molecular weight is 289 g/mol. The predicted molar refractivity (Wildman–Crippen MR) is 79.4 cm³/mol. The molecule has 1 aromatic carbocycles. The zero-order chi connectivity index (χ0) is 14.7. The van der Waals surface area contributed by atoms with E-state index < -0.39 is 0 Å². The molecule has 6 heteroatoms. The third kappa shape index (κ3) is 3.16. The Balaban J connectivity index is 1.68. The third-order valence-electron chi connectivity index (χ3n) is 3.85. The van der Waals surface area contributed by atoms with Crippen molar-refractivity contribution in [3.8, 4) is 0 Å². The summed E-state index contributed by atoms with van der Waals surface area (Å²) >= 11 is 0. The Morgan fingerprint density at radius 3 is 3.05 bits per heavy atom. The number of nitrogens with zero attached hydrogens (tertiary/aromatic N) is 1. The summed E-state index contributed by atoms with van der Waals surface area (Å²) < 4.78 is 4.93. The van der Waals surface area contributed by atoms with E-state index in [0.717, 1.165) is 31.6 Å². The molecule has 0 bridgehead atoms. The number of benzene rings is 1. The van der Waals surface area contributed by atoms with Crippen molar-refractivity contribution in [3.63, 3.8) is 0 Å². The van der Waals surface area contributed by atoms with Crippen molar-refractivity contribution < 1.29 is 14.3 Å². The topological polar surface area (TPSA) is 70.7 Å². The van der Waals surface area contributed by atoms with Gasteiger partial charge in [0.1, 0.15) is 6.61 Å². The van der Waals surface area contributed by atoms with Crippen molar-refractivity contribution in [2.75, 3.05) is 36.5 Å². The highest BCUT2D eigenvalue weighted by Gasteiger charge is 2.24. The van der Waals surface area contributed by atoms with Crippen molar-refractivity contribution in [1.29, 1.82) is 0 Å². The Hall–Kier alpha value is -2.08. The van der Waals surface area contributed by atoms with Crippen molar-refractivity contribution in [2.45, 2.75) is 12.8 Å². The van der Waals surface area contributed by atoms with Crippen LogP contribution in [0.2, 0.25) is 0 Å². The van der Waals surface area contributed by atoms with Gasteiger partial charge in [-0.25, -0.2) is 4.79 Å². The largest absolute Gasteiger partial charge is 0.447 e. The predicted octanol–water partition coefficient (Wildman–Crippen LogP) is 1.58. The van der Waals surface area contributed by atoms with Crippen LogP contribution in [0.4, 0.5) is 16.2 Å². The maximum Gasteiger partial charge on any atom is 0.414 e. The number of carbonyl (C=O) groups is 2. The molecule has 2 aliphatic rings. The number of hydrogen-bond donors (Lipinski definition) is 2. The Kier molecular flexibility index (Phi) is 4.06. The minimum Gasteiger partial charge on any atom is -0.447 e. The number of amides is 2. The molecule has 2 aliphatic heterocycles. The van der Waals surface area contributed by atoms with Gasteiger partial charge in [-0.3, -0.25) is 9.69 Å². The molecule has 21 heavy (non-hydrogen) atoms. The summed E-state index contributed by atoms with van der Waals surface area (Å²) in [6, 6.07) is 7.31. The number of piperidine rings is 1. The second kappa shape index (κ2) is 6.13. The number of anilines is 2. The van der Waals surface area contributed by atoms with Gasteiger partial charge in [-0.2, -0.15) is 0 Å². The summed E-state index contributed by atoms with van der Waals surface area (Å²) in [5.74, 6) is 0.0440. The first kappa shape index (κ1) is 13.9. The summed E-state index contributed by atoms with van der Waals surface area (Å²) in [4.78, 5) is 25.3. The molecule has 0 spiro atoms. The van der Waals surface area contributed by atoms with Crippen LogP contribution in [0.5, 0.6) is 0 Å². The van der Waals surface area contributed by atoms with Gasteiger partial charge in [0, 0.05) is 17.9 Å². The summed E-state index contributed by atoms with van der Waals surface area (Å²) in [6.07, 6.45) is 1.60. The van der Waals surface area contributed by atoms with E-state index in [1.54, 1.807) is 11.0 Å². The Morgan fingerprint density at radius 2 is 2.33 bits per heavy atom. The molecule has 1 aromatic rings. The number of nitrogens with one attached hydrogen (secondary N) is 2. The van der Waals surface area contributed by atoms with Gasteiger partial charge in [0.2, 0.25) is 5.91 Å². The molecule has 2 fully saturated rings. The first-order valence-corrected chi connectivity index (χ1v) is 7.30. The second-order valence-corrected chi connectivity index (χ2v) is 5.35. The lowest BCUT2D eigenvalue weighted by atomic mass is 9.99. The molecule has 0 saturated carbocycles. The summed E-state index contributed by atoms with van der Waals surface area (Å²) in [5.41, 5.74) is 1.46. The molecule has 112 valence electrons. The first-order valence-electron chi connectivity index (χ1n) is 7.30. The minimum atomic E-state index is -0.338. The van der Waals surface area contributed by atoms with E-state index in [1.807, 2.05) is 18.2 Å². The lowest BCUT2D eigenvalue weighted by molar-refractivity contribution is -0.120. The maximum absolute atomic E-state index is 12.2. The molecular formula is C15H19N3O3. The molecule has 2 amide bonds. The van der Waals surface area contributed by atoms with Crippen molar-refractivity contribution >= 4 is 23.4 Å². The van der Waals surface area contributed by atoms with Gasteiger partial charge < -0.3 is 15.4 Å². The fraction of sp³-hybridized carbons (Fsp3) is 0.467. The van der Waals surface area contributed by atoms with Gasteiger partial charge in [-0.1, -0.05) is 6.07 Å². The number of rotatable bonds is 3. The van der Waals surface area contributed by atoms with Crippen LogP contribution >= 0.6 is 0 Å². The van der Waals surface area contributed by atoms with Gasteiger partial charge in [-0.05, 0) is 37.6 Å². The van der Waals surface area contributed by atoms with E-state index in [0.29, 0.717) is 18.8 Å². The molecule has 6 nitrogen and oxygen atoms in total. The van der Waals surface area contributed by atoms with E-state index in [1.165, 1.54) is 0 Å². The number of carbonyl (C=O) groups excluding carboxylic acids is 2. The van der Waals surface area contributed by atoms with Crippen LogP contribution in [-0.2, 0) is 9.53 Å². The molecular weight excluding hydrogens is 270 g/mol. The number of cyclic esters (lactones) is 1. The van der Waals surface area contributed by atoms with Gasteiger partial charge >= 0.3 is 6.09 Å². The zero-order valence-corrected chi connectivity index (χ0v) is 11.8. The molecule has 0 aromatic heterocycles. The van der Waals surface area contributed by atoms with Gasteiger partial charge in [0.15, 0.2) is 0 Å².